The van der Waals surface area contributed by atoms with Gasteiger partial charge < -0.3 is 15.2 Å². The van der Waals surface area contributed by atoms with Crippen LogP contribution in [0.5, 0.6) is 0 Å². The van der Waals surface area contributed by atoms with Gasteiger partial charge in [-0.3, -0.25) is 0 Å². The number of carbonyl (C=O) groups excluding carboxylic acids is 1. The summed E-state index contributed by atoms with van der Waals surface area (Å²) >= 11 is 5.90. The van der Waals surface area contributed by atoms with Crippen LogP contribution in [0.2, 0.25) is 5.02 Å². The second-order valence-corrected chi connectivity index (χ2v) is 5.98. The average molecular weight is 358 g/mol. The molecule has 0 spiro atoms. The number of anilines is 1. The minimum atomic E-state index is -0.469. The molecule has 2 aromatic carbocycles. The van der Waals surface area contributed by atoms with E-state index in [0.29, 0.717) is 18.1 Å². The number of hydrogen-bond donors (Lipinski definition) is 2. The lowest BCUT2D eigenvalue weighted by Crippen LogP contribution is -2.29. The highest BCUT2D eigenvalue weighted by Gasteiger charge is 2.07. The number of nitrogens with zero attached hydrogens (tertiary/aromatic N) is 1. The molecular formula is C19H17ClFN3O. The zero-order valence-corrected chi connectivity index (χ0v) is 14.1. The summed E-state index contributed by atoms with van der Waals surface area (Å²) in [5, 5.41) is 5.93. The first kappa shape index (κ1) is 17.0. The Labute approximate surface area is 150 Å². The third kappa shape index (κ3) is 4.61. The van der Waals surface area contributed by atoms with Crippen LogP contribution in [0.4, 0.5) is 14.9 Å². The molecule has 6 heteroatoms. The van der Waals surface area contributed by atoms with Gasteiger partial charge in [0.2, 0.25) is 0 Å². The van der Waals surface area contributed by atoms with Crippen LogP contribution in [-0.4, -0.2) is 10.6 Å². The summed E-state index contributed by atoms with van der Waals surface area (Å²) in [7, 11) is 0. The minimum absolute atomic E-state index is 0.150. The van der Waals surface area contributed by atoms with Crippen molar-refractivity contribution in [3.63, 3.8) is 0 Å². The third-order valence-electron chi connectivity index (χ3n) is 3.74. The quantitative estimate of drug-likeness (QED) is 0.686. The molecule has 25 heavy (non-hydrogen) atoms. The van der Waals surface area contributed by atoms with Gasteiger partial charge in [0, 0.05) is 23.5 Å². The predicted octanol–water partition coefficient (Wildman–Crippen LogP) is 4.65. The first-order chi connectivity index (χ1) is 12.1. The van der Waals surface area contributed by atoms with E-state index in [1.54, 1.807) is 12.1 Å². The molecule has 0 aliphatic rings. The number of para-hydroxylation sites is 1. The Bertz CT molecular complexity index is 861. The Morgan fingerprint density at radius 3 is 2.56 bits per heavy atom. The lowest BCUT2D eigenvalue weighted by Gasteiger charge is -2.12. The molecule has 4 nitrogen and oxygen atoms in total. The molecule has 0 saturated heterocycles. The van der Waals surface area contributed by atoms with Gasteiger partial charge in [0.05, 0.1) is 12.2 Å². The maximum atomic E-state index is 13.5. The first-order valence-corrected chi connectivity index (χ1v) is 8.17. The molecule has 1 aromatic heterocycles. The number of amides is 2. The second-order valence-electron chi connectivity index (χ2n) is 5.54. The lowest BCUT2D eigenvalue weighted by molar-refractivity contribution is 0.251. The molecule has 0 fully saturated rings. The van der Waals surface area contributed by atoms with Crippen LogP contribution >= 0.6 is 11.6 Å². The second kappa shape index (κ2) is 7.85. The summed E-state index contributed by atoms with van der Waals surface area (Å²) in [5.41, 5.74) is 2.20. The standard InChI is InChI=1S/C19H17ClFN3O/c20-15-9-7-14(8-10-15)13-24-11-3-4-16(24)12-22-19(25)23-18-6-2-1-5-17(18)21/h1-11H,12-13H2,(H2,22,23,25). The largest absolute Gasteiger partial charge is 0.345 e. The summed E-state index contributed by atoms with van der Waals surface area (Å²) in [5.74, 6) is -0.469. The summed E-state index contributed by atoms with van der Waals surface area (Å²) < 4.78 is 15.6. The SMILES string of the molecule is O=C(NCc1cccn1Cc1ccc(Cl)cc1)Nc1ccccc1F. The van der Waals surface area contributed by atoms with Crippen molar-refractivity contribution < 1.29 is 9.18 Å². The lowest BCUT2D eigenvalue weighted by atomic mass is 10.2. The predicted molar refractivity (Wildman–Crippen MR) is 97.2 cm³/mol. The molecule has 0 atom stereocenters. The van der Waals surface area contributed by atoms with Crippen molar-refractivity contribution in [1.29, 1.82) is 0 Å². The van der Waals surface area contributed by atoms with Gasteiger partial charge in [0.25, 0.3) is 0 Å². The van der Waals surface area contributed by atoms with Gasteiger partial charge >= 0.3 is 6.03 Å². The summed E-state index contributed by atoms with van der Waals surface area (Å²) in [6.07, 6.45) is 1.94. The molecule has 1 heterocycles. The number of urea groups is 1. The summed E-state index contributed by atoms with van der Waals surface area (Å²) in [6, 6.07) is 17.1. The van der Waals surface area contributed by atoms with Crippen molar-refractivity contribution in [2.45, 2.75) is 13.1 Å². The van der Waals surface area contributed by atoms with Crippen molar-refractivity contribution in [3.05, 3.63) is 89.0 Å². The third-order valence-corrected chi connectivity index (χ3v) is 3.99. The van der Waals surface area contributed by atoms with Crippen LogP contribution in [0, 0.1) is 5.82 Å². The van der Waals surface area contributed by atoms with Gasteiger partial charge in [-0.15, -0.1) is 0 Å². The fourth-order valence-corrected chi connectivity index (χ4v) is 2.58. The Balaban J connectivity index is 1.59. The molecule has 0 radical (unpaired) electrons. The Kier molecular flexibility index (Phi) is 5.36. The van der Waals surface area contributed by atoms with E-state index in [-0.39, 0.29) is 5.69 Å². The van der Waals surface area contributed by atoms with Crippen molar-refractivity contribution in [2.24, 2.45) is 0 Å². The van der Waals surface area contributed by atoms with Crippen LogP contribution < -0.4 is 10.6 Å². The summed E-state index contributed by atoms with van der Waals surface area (Å²) in [4.78, 5) is 12.0. The number of carbonyl (C=O) groups is 1. The van der Waals surface area contributed by atoms with Gasteiger partial charge in [-0.05, 0) is 42.0 Å². The number of halogens is 2. The summed E-state index contributed by atoms with van der Waals surface area (Å²) in [6.45, 7) is 1.01. The minimum Gasteiger partial charge on any atom is -0.345 e. The molecule has 0 bridgehead atoms. The average Bonchev–Trinajstić information content (AvgIpc) is 3.04. The van der Waals surface area contributed by atoms with E-state index >= 15 is 0 Å². The van der Waals surface area contributed by atoms with Gasteiger partial charge in [0.15, 0.2) is 0 Å². The number of nitrogens with one attached hydrogen (secondary N) is 2. The number of aromatic nitrogens is 1. The van der Waals surface area contributed by atoms with Gasteiger partial charge in [-0.1, -0.05) is 35.9 Å². The van der Waals surface area contributed by atoms with E-state index in [0.717, 1.165) is 11.3 Å². The molecule has 0 aliphatic heterocycles. The topological polar surface area (TPSA) is 46.1 Å². The zero-order valence-electron chi connectivity index (χ0n) is 13.4. The van der Waals surface area contributed by atoms with E-state index in [4.69, 9.17) is 11.6 Å². The van der Waals surface area contributed by atoms with E-state index in [9.17, 15) is 9.18 Å². The number of rotatable bonds is 5. The smallest absolute Gasteiger partial charge is 0.319 e. The van der Waals surface area contributed by atoms with Gasteiger partial charge in [0.1, 0.15) is 5.82 Å². The van der Waals surface area contributed by atoms with Crippen molar-refractivity contribution in [3.8, 4) is 0 Å². The molecule has 0 aliphatic carbocycles. The highest BCUT2D eigenvalue weighted by atomic mass is 35.5. The Morgan fingerprint density at radius 1 is 1.04 bits per heavy atom. The molecule has 0 saturated carbocycles. The fraction of sp³-hybridized carbons (Fsp3) is 0.105. The van der Waals surface area contributed by atoms with Crippen molar-refractivity contribution in [1.82, 2.24) is 9.88 Å². The van der Waals surface area contributed by atoms with Gasteiger partial charge in [-0.2, -0.15) is 0 Å². The molecule has 3 rings (SSSR count). The molecule has 0 unspecified atom stereocenters. The molecular weight excluding hydrogens is 341 g/mol. The van der Waals surface area contributed by atoms with E-state index < -0.39 is 11.8 Å². The Morgan fingerprint density at radius 2 is 1.80 bits per heavy atom. The zero-order chi connectivity index (χ0) is 17.6. The van der Waals surface area contributed by atoms with Crippen molar-refractivity contribution >= 4 is 23.3 Å². The van der Waals surface area contributed by atoms with Crippen LogP contribution in [-0.2, 0) is 13.1 Å². The first-order valence-electron chi connectivity index (χ1n) is 7.79. The fourth-order valence-electron chi connectivity index (χ4n) is 2.45. The molecule has 3 aromatic rings. The maximum Gasteiger partial charge on any atom is 0.319 e. The van der Waals surface area contributed by atoms with E-state index in [1.165, 1.54) is 12.1 Å². The molecule has 2 N–H and O–H groups in total. The highest BCUT2D eigenvalue weighted by molar-refractivity contribution is 6.30. The van der Waals surface area contributed by atoms with Crippen LogP contribution in [0.15, 0.2) is 66.9 Å². The molecule has 128 valence electrons. The van der Waals surface area contributed by atoms with Crippen LogP contribution in [0.25, 0.3) is 0 Å². The van der Waals surface area contributed by atoms with E-state index in [2.05, 4.69) is 10.6 Å². The van der Waals surface area contributed by atoms with Crippen LogP contribution in [0.3, 0.4) is 0 Å². The number of hydrogen-bond acceptors (Lipinski definition) is 1. The highest BCUT2D eigenvalue weighted by Crippen LogP contribution is 2.13. The normalized spacial score (nSPS) is 10.5. The Hall–Kier alpha value is -2.79. The maximum absolute atomic E-state index is 13.5. The number of benzene rings is 2. The van der Waals surface area contributed by atoms with Crippen molar-refractivity contribution in [2.75, 3.05) is 5.32 Å². The van der Waals surface area contributed by atoms with Gasteiger partial charge in [-0.25, -0.2) is 9.18 Å². The van der Waals surface area contributed by atoms with Crippen LogP contribution in [0.1, 0.15) is 11.3 Å². The van der Waals surface area contributed by atoms with E-state index in [1.807, 2.05) is 47.2 Å². The molecule has 2 amide bonds. The monoisotopic (exact) mass is 357 g/mol.